The van der Waals surface area contributed by atoms with E-state index in [9.17, 15) is 0 Å². The topological polar surface area (TPSA) is 45.0 Å². The number of nitrogens with two attached hydrogens (primary N) is 1. The molecule has 1 aromatic carbocycles. The van der Waals surface area contributed by atoms with Crippen molar-refractivity contribution in [2.45, 2.75) is 32.4 Å². The summed E-state index contributed by atoms with van der Waals surface area (Å²) in [5, 5.41) is 2.02. The molecule has 3 N–H and O–H groups in total. The Morgan fingerprint density at radius 3 is 3.05 bits per heavy atom. The zero-order valence-electron chi connectivity index (χ0n) is 11.2. The van der Waals surface area contributed by atoms with E-state index >= 15 is 0 Å². The second-order valence-corrected chi connectivity index (χ2v) is 5.94. The van der Waals surface area contributed by atoms with E-state index < -0.39 is 0 Å². The Kier molecular flexibility index (Phi) is 3.52. The molecule has 1 fully saturated rings. The fourth-order valence-corrected chi connectivity index (χ4v) is 3.21. The van der Waals surface area contributed by atoms with Gasteiger partial charge in [-0.3, -0.25) is 4.90 Å². The van der Waals surface area contributed by atoms with Gasteiger partial charge in [-0.2, -0.15) is 0 Å². The lowest BCUT2D eigenvalue weighted by molar-refractivity contribution is 0.199. The Balaban J connectivity index is 1.88. The number of halogens is 1. The number of para-hydroxylation sites is 1. The van der Waals surface area contributed by atoms with Crippen LogP contribution in [0.3, 0.4) is 0 Å². The van der Waals surface area contributed by atoms with Gasteiger partial charge in [0.15, 0.2) is 0 Å². The van der Waals surface area contributed by atoms with Crippen LogP contribution in [0.4, 0.5) is 0 Å². The quantitative estimate of drug-likeness (QED) is 0.886. The van der Waals surface area contributed by atoms with Crippen molar-refractivity contribution in [1.29, 1.82) is 0 Å². The summed E-state index contributed by atoms with van der Waals surface area (Å²) in [6.45, 7) is 5.22. The molecule has 1 aliphatic heterocycles. The molecule has 0 bridgehead atoms. The van der Waals surface area contributed by atoms with Gasteiger partial charge in [0, 0.05) is 30.2 Å². The summed E-state index contributed by atoms with van der Waals surface area (Å²) in [5.41, 5.74) is 9.66. The van der Waals surface area contributed by atoms with Crippen LogP contribution in [-0.2, 0) is 6.54 Å². The minimum absolute atomic E-state index is 0.321. The lowest BCUT2D eigenvalue weighted by Crippen LogP contribution is -2.42. The molecule has 1 atom stereocenters. The molecule has 2 aromatic rings. The smallest absolute Gasteiger partial charge is 0.0648 e. The van der Waals surface area contributed by atoms with Crippen molar-refractivity contribution in [2.24, 2.45) is 5.73 Å². The molecule has 0 saturated carbocycles. The van der Waals surface area contributed by atoms with Gasteiger partial charge >= 0.3 is 0 Å². The largest absolute Gasteiger partial charge is 0.356 e. The number of hydrogen-bond donors (Lipinski definition) is 2. The van der Waals surface area contributed by atoms with Crippen LogP contribution in [0.15, 0.2) is 18.2 Å². The number of H-pyrrole nitrogens is 1. The van der Waals surface area contributed by atoms with Gasteiger partial charge in [-0.25, -0.2) is 0 Å². The van der Waals surface area contributed by atoms with Crippen LogP contribution in [0, 0.1) is 6.92 Å². The third-order valence-electron chi connectivity index (χ3n) is 4.07. The summed E-state index contributed by atoms with van der Waals surface area (Å²) in [5.74, 6) is 0. The standard InChI is InChI=1S/C15H20ClN3/c1-10-12-5-2-6-13(16)15(12)18-14(10)9-19-7-3-4-11(17)8-19/h2,5-6,11,18H,3-4,7-9,17H2,1H3. The summed E-state index contributed by atoms with van der Waals surface area (Å²) in [6.07, 6.45) is 2.34. The molecule has 3 nitrogen and oxygen atoms in total. The summed E-state index contributed by atoms with van der Waals surface area (Å²) >= 11 is 6.24. The molecular weight excluding hydrogens is 258 g/mol. The highest BCUT2D eigenvalue weighted by Crippen LogP contribution is 2.28. The number of nitrogens with zero attached hydrogens (tertiary/aromatic N) is 1. The predicted molar refractivity (Wildman–Crippen MR) is 80.5 cm³/mol. The first-order chi connectivity index (χ1) is 9.15. The number of nitrogens with one attached hydrogen (secondary N) is 1. The molecule has 0 spiro atoms. The van der Waals surface area contributed by atoms with E-state index in [1.165, 1.54) is 23.1 Å². The Morgan fingerprint density at radius 1 is 1.47 bits per heavy atom. The summed E-state index contributed by atoms with van der Waals surface area (Å²) < 4.78 is 0. The lowest BCUT2D eigenvalue weighted by Gasteiger charge is -2.30. The second-order valence-electron chi connectivity index (χ2n) is 5.53. The first kappa shape index (κ1) is 13.0. The van der Waals surface area contributed by atoms with E-state index in [-0.39, 0.29) is 0 Å². The normalized spacial score (nSPS) is 21.1. The number of aryl methyl sites for hydroxylation is 1. The molecule has 1 aromatic heterocycles. The van der Waals surface area contributed by atoms with E-state index in [2.05, 4.69) is 22.9 Å². The van der Waals surface area contributed by atoms with E-state index in [1.54, 1.807) is 0 Å². The van der Waals surface area contributed by atoms with Crippen LogP contribution in [0.5, 0.6) is 0 Å². The number of aromatic amines is 1. The van der Waals surface area contributed by atoms with Crippen molar-refractivity contribution in [3.05, 3.63) is 34.5 Å². The monoisotopic (exact) mass is 277 g/mol. The van der Waals surface area contributed by atoms with E-state index in [1.807, 2.05) is 12.1 Å². The van der Waals surface area contributed by atoms with Crippen LogP contribution in [0.1, 0.15) is 24.1 Å². The fourth-order valence-electron chi connectivity index (χ4n) is 2.99. The molecule has 0 aliphatic carbocycles. The Morgan fingerprint density at radius 2 is 2.32 bits per heavy atom. The van der Waals surface area contributed by atoms with Crippen molar-refractivity contribution in [1.82, 2.24) is 9.88 Å². The van der Waals surface area contributed by atoms with Gasteiger partial charge in [0.2, 0.25) is 0 Å². The average molecular weight is 278 g/mol. The number of fused-ring (bicyclic) bond motifs is 1. The van der Waals surface area contributed by atoms with Crippen LogP contribution < -0.4 is 5.73 Å². The highest BCUT2D eigenvalue weighted by molar-refractivity contribution is 6.35. The van der Waals surface area contributed by atoms with Gasteiger partial charge in [-0.15, -0.1) is 0 Å². The predicted octanol–water partition coefficient (Wildman–Crippen LogP) is 3.05. The molecule has 1 unspecified atom stereocenters. The van der Waals surface area contributed by atoms with Gasteiger partial charge in [-0.1, -0.05) is 23.7 Å². The van der Waals surface area contributed by atoms with Crippen molar-refractivity contribution in [3.8, 4) is 0 Å². The summed E-state index contributed by atoms with van der Waals surface area (Å²) in [4.78, 5) is 5.91. The van der Waals surface area contributed by atoms with Gasteiger partial charge in [0.25, 0.3) is 0 Å². The van der Waals surface area contributed by atoms with Gasteiger partial charge in [0.1, 0.15) is 0 Å². The molecule has 102 valence electrons. The lowest BCUT2D eigenvalue weighted by atomic mass is 10.1. The molecule has 1 aliphatic rings. The van der Waals surface area contributed by atoms with Crippen molar-refractivity contribution in [2.75, 3.05) is 13.1 Å². The fraction of sp³-hybridized carbons (Fsp3) is 0.467. The van der Waals surface area contributed by atoms with Crippen molar-refractivity contribution in [3.63, 3.8) is 0 Å². The third kappa shape index (κ3) is 2.50. The van der Waals surface area contributed by atoms with E-state index in [0.717, 1.165) is 36.6 Å². The van der Waals surface area contributed by atoms with Gasteiger partial charge < -0.3 is 10.7 Å². The molecular formula is C15H20ClN3. The molecule has 2 heterocycles. The van der Waals surface area contributed by atoms with E-state index in [4.69, 9.17) is 17.3 Å². The Bertz CT molecular complexity index is 590. The minimum atomic E-state index is 0.321. The number of likely N-dealkylation sites (tertiary alicyclic amines) is 1. The molecule has 0 amide bonds. The third-order valence-corrected chi connectivity index (χ3v) is 4.38. The minimum Gasteiger partial charge on any atom is -0.356 e. The molecule has 1 saturated heterocycles. The Labute approximate surface area is 118 Å². The molecule has 3 rings (SSSR count). The second kappa shape index (κ2) is 5.16. The number of aromatic nitrogens is 1. The zero-order valence-corrected chi connectivity index (χ0v) is 12.0. The van der Waals surface area contributed by atoms with Crippen LogP contribution in [0.25, 0.3) is 10.9 Å². The van der Waals surface area contributed by atoms with Crippen molar-refractivity contribution < 1.29 is 0 Å². The summed E-state index contributed by atoms with van der Waals surface area (Å²) in [7, 11) is 0. The van der Waals surface area contributed by atoms with E-state index in [0.29, 0.717) is 6.04 Å². The molecule has 4 heteroatoms. The summed E-state index contributed by atoms with van der Waals surface area (Å²) in [6, 6.07) is 6.38. The van der Waals surface area contributed by atoms with Crippen molar-refractivity contribution >= 4 is 22.5 Å². The van der Waals surface area contributed by atoms with Crippen LogP contribution in [-0.4, -0.2) is 29.0 Å². The highest BCUT2D eigenvalue weighted by Gasteiger charge is 2.19. The highest BCUT2D eigenvalue weighted by atomic mass is 35.5. The maximum Gasteiger partial charge on any atom is 0.0648 e. The molecule has 0 radical (unpaired) electrons. The average Bonchev–Trinajstić information content (AvgIpc) is 2.69. The van der Waals surface area contributed by atoms with Gasteiger partial charge in [0.05, 0.1) is 10.5 Å². The molecule has 19 heavy (non-hydrogen) atoms. The maximum atomic E-state index is 6.24. The van der Waals surface area contributed by atoms with Gasteiger partial charge in [-0.05, 0) is 37.9 Å². The Hall–Kier alpha value is -1.03. The van der Waals surface area contributed by atoms with Crippen LogP contribution >= 0.6 is 11.6 Å². The number of hydrogen-bond acceptors (Lipinski definition) is 2. The first-order valence-electron chi connectivity index (χ1n) is 6.89. The number of benzene rings is 1. The zero-order chi connectivity index (χ0) is 13.4. The first-order valence-corrected chi connectivity index (χ1v) is 7.26. The van der Waals surface area contributed by atoms with Crippen LogP contribution in [0.2, 0.25) is 5.02 Å². The maximum absolute atomic E-state index is 6.24. The number of piperidine rings is 1. The SMILES string of the molecule is Cc1c(CN2CCCC(N)C2)[nH]c2c(Cl)cccc12. The number of rotatable bonds is 2.